The molecule has 2 aliphatic heterocycles. The van der Waals surface area contributed by atoms with Crippen LogP contribution in [0.25, 0.3) is 0 Å². The number of imide groups is 1. The molecule has 7 heteroatoms. The van der Waals surface area contributed by atoms with E-state index in [-0.39, 0.29) is 23.8 Å². The summed E-state index contributed by atoms with van der Waals surface area (Å²) < 4.78 is 0. The Labute approximate surface area is 162 Å². The van der Waals surface area contributed by atoms with E-state index in [4.69, 9.17) is 5.73 Å². The Bertz CT molecular complexity index is 597. The van der Waals surface area contributed by atoms with Crippen LogP contribution in [-0.2, 0) is 9.59 Å². The second-order valence-corrected chi connectivity index (χ2v) is 9.60. The summed E-state index contributed by atoms with van der Waals surface area (Å²) in [7, 11) is 0. The molecule has 0 aromatic rings. The van der Waals surface area contributed by atoms with E-state index in [1.165, 1.54) is 0 Å². The third kappa shape index (κ3) is 3.98. The summed E-state index contributed by atoms with van der Waals surface area (Å²) in [5.41, 5.74) is 5.11. The molecule has 1 saturated carbocycles. The highest BCUT2D eigenvalue weighted by Gasteiger charge is 2.53. The van der Waals surface area contributed by atoms with Gasteiger partial charge >= 0.3 is 6.03 Å². The van der Waals surface area contributed by atoms with Crippen molar-refractivity contribution < 1.29 is 14.4 Å². The van der Waals surface area contributed by atoms with Gasteiger partial charge in [-0.25, -0.2) is 4.79 Å². The first-order valence-electron chi connectivity index (χ1n) is 10.3. The average Bonchev–Trinajstić information content (AvgIpc) is 2.85. The molecule has 1 aliphatic carbocycles. The van der Waals surface area contributed by atoms with Crippen LogP contribution in [0.15, 0.2) is 0 Å². The molecule has 3 aliphatic rings. The summed E-state index contributed by atoms with van der Waals surface area (Å²) in [6.07, 6.45) is 4.94. The zero-order valence-corrected chi connectivity index (χ0v) is 16.9. The normalized spacial score (nSPS) is 30.1. The van der Waals surface area contributed by atoms with Gasteiger partial charge < -0.3 is 16.0 Å². The molecule has 27 heavy (non-hydrogen) atoms. The summed E-state index contributed by atoms with van der Waals surface area (Å²) in [5, 5.41) is 2.92. The van der Waals surface area contributed by atoms with Crippen LogP contribution >= 0.6 is 0 Å². The molecule has 0 aromatic heterocycles. The van der Waals surface area contributed by atoms with Crippen LogP contribution in [-0.4, -0.2) is 59.4 Å². The molecule has 1 spiro atoms. The van der Waals surface area contributed by atoms with Gasteiger partial charge in [-0.15, -0.1) is 0 Å². The molecular formula is C20H34N4O3. The Kier molecular flexibility index (Phi) is 5.52. The molecule has 0 atom stereocenters. The van der Waals surface area contributed by atoms with Crippen LogP contribution in [0.5, 0.6) is 0 Å². The predicted octanol–water partition coefficient (Wildman–Crippen LogP) is 1.71. The van der Waals surface area contributed by atoms with Crippen LogP contribution in [0.2, 0.25) is 0 Å². The van der Waals surface area contributed by atoms with Crippen LogP contribution in [0.4, 0.5) is 4.79 Å². The van der Waals surface area contributed by atoms with Crippen LogP contribution in [0.1, 0.15) is 59.3 Å². The molecule has 3 rings (SSSR count). The molecular weight excluding hydrogens is 344 g/mol. The van der Waals surface area contributed by atoms with Crippen molar-refractivity contribution in [1.29, 1.82) is 0 Å². The van der Waals surface area contributed by atoms with Crippen molar-refractivity contribution in [2.75, 3.05) is 26.2 Å². The minimum Gasteiger partial charge on any atom is -0.341 e. The molecule has 2 saturated heterocycles. The van der Waals surface area contributed by atoms with E-state index in [0.29, 0.717) is 44.3 Å². The van der Waals surface area contributed by atoms with E-state index in [9.17, 15) is 14.4 Å². The number of rotatable bonds is 3. The standard InChI is InChI=1S/C20H34N4O3/c1-19(2,3)15-4-8-20(9-5-15)17(26)24(18(27)22-20)13-16(25)23-10-6-14(12-21)7-11-23/h14-15H,4-13,21H2,1-3H3,(H,22,27). The summed E-state index contributed by atoms with van der Waals surface area (Å²) in [6, 6.07) is -0.417. The van der Waals surface area contributed by atoms with E-state index in [1.54, 1.807) is 4.90 Å². The number of likely N-dealkylation sites (tertiary alicyclic amines) is 1. The molecule has 3 fully saturated rings. The maximum atomic E-state index is 13.0. The lowest BCUT2D eigenvalue weighted by atomic mass is 9.67. The number of nitrogens with two attached hydrogens (primary N) is 1. The Morgan fingerprint density at radius 2 is 1.74 bits per heavy atom. The van der Waals surface area contributed by atoms with E-state index in [2.05, 4.69) is 26.1 Å². The minimum absolute atomic E-state index is 0.144. The van der Waals surface area contributed by atoms with Crippen molar-refractivity contribution in [2.45, 2.75) is 64.8 Å². The second kappa shape index (κ2) is 7.41. The number of nitrogens with zero attached hydrogens (tertiary/aromatic N) is 2. The fraction of sp³-hybridized carbons (Fsp3) is 0.850. The van der Waals surface area contributed by atoms with Gasteiger partial charge in [-0.2, -0.15) is 0 Å². The van der Waals surface area contributed by atoms with Crippen molar-refractivity contribution in [2.24, 2.45) is 23.0 Å². The number of carbonyl (C=O) groups is 3. The summed E-state index contributed by atoms with van der Waals surface area (Å²) >= 11 is 0. The van der Waals surface area contributed by atoms with Gasteiger partial charge in [0.25, 0.3) is 5.91 Å². The number of hydrogen-bond donors (Lipinski definition) is 2. The number of amides is 4. The molecule has 7 nitrogen and oxygen atoms in total. The zero-order valence-electron chi connectivity index (χ0n) is 16.9. The largest absolute Gasteiger partial charge is 0.341 e. The number of nitrogens with one attached hydrogen (secondary N) is 1. The zero-order chi connectivity index (χ0) is 19.8. The second-order valence-electron chi connectivity index (χ2n) is 9.60. The van der Waals surface area contributed by atoms with Gasteiger partial charge in [-0.1, -0.05) is 20.8 Å². The van der Waals surface area contributed by atoms with Crippen molar-refractivity contribution in [3.8, 4) is 0 Å². The highest BCUT2D eigenvalue weighted by Crippen LogP contribution is 2.43. The fourth-order valence-electron chi connectivity index (χ4n) is 4.79. The lowest BCUT2D eigenvalue weighted by molar-refractivity contribution is -0.140. The molecule has 0 aromatic carbocycles. The first-order chi connectivity index (χ1) is 12.7. The van der Waals surface area contributed by atoms with Gasteiger partial charge in [0, 0.05) is 13.1 Å². The number of urea groups is 1. The number of piperidine rings is 1. The summed E-state index contributed by atoms with van der Waals surface area (Å²) in [4.78, 5) is 41.0. The monoisotopic (exact) mass is 378 g/mol. The SMILES string of the molecule is CC(C)(C)C1CCC2(CC1)NC(=O)N(CC(=O)N1CCC(CN)CC1)C2=O. The highest BCUT2D eigenvalue weighted by molar-refractivity contribution is 6.09. The summed E-state index contributed by atoms with van der Waals surface area (Å²) in [6.45, 7) is 8.48. The third-order valence-corrected chi connectivity index (χ3v) is 6.90. The minimum atomic E-state index is -0.800. The Hall–Kier alpha value is -1.63. The number of hydrogen-bond acceptors (Lipinski definition) is 4. The van der Waals surface area contributed by atoms with Gasteiger partial charge in [0.1, 0.15) is 12.1 Å². The van der Waals surface area contributed by atoms with E-state index in [1.807, 2.05) is 0 Å². The molecule has 0 radical (unpaired) electrons. The molecule has 4 amide bonds. The van der Waals surface area contributed by atoms with Gasteiger partial charge in [0.05, 0.1) is 0 Å². The van der Waals surface area contributed by atoms with Gasteiger partial charge in [-0.3, -0.25) is 14.5 Å². The molecule has 3 N–H and O–H groups in total. The lowest BCUT2D eigenvalue weighted by Crippen LogP contribution is -2.51. The van der Waals surface area contributed by atoms with E-state index in [0.717, 1.165) is 30.6 Å². The van der Waals surface area contributed by atoms with Crippen LogP contribution < -0.4 is 11.1 Å². The Morgan fingerprint density at radius 1 is 1.15 bits per heavy atom. The smallest absolute Gasteiger partial charge is 0.325 e. The van der Waals surface area contributed by atoms with E-state index < -0.39 is 11.6 Å². The van der Waals surface area contributed by atoms with Crippen LogP contribution in [0, 0.1) is 17.3 Å². The number of carbonyl (C=O) groups excluding carboxylic acids is 3. The van der Waals surface area contributed by atoms with Gasteiger partial charge in [0.15, 0.2) is 0 Å². The average molecular weight is 379 g/mol. The third-order valence-electron chi connectivity index (χ3n) is 6.90. The fourth-order valence-corrected chi connectivity index (χ4v) is 4.79. The predicted molar refractivity (Wildman–Crippen MR) is 103 cm³/mol. The summed E-state index contributed by atoms with van der Waals surface area (Å²) in [5.74, 6) is 0.652. The highest BCUT2D eigenvalue weighted by atomic mass is 16.2. The van der Waals surface area contributed by atoms with Crippen molar-refractivity contribution in [3.05, 3.63) is 0 Å². The molecule has 152 valence electrons. The molecule has 2 heterocycles. The van der Waals surface area contributed by atoms with Crippen molar-refractivity contribution in [3.63, 3.8) is 0 Å². The first kappa shape index (κ1) is 20.1. The van der Waals surface area contributed by atoms with Crippen molar-refractivity contribution in [1.82, 2.24) is 15.1 Å². The molecule has 0 unspecified atom stereocenters. The maximum Gasteiger partial charge on any atom is 0.325 e. The van der Waals surface area contributed by atoms with Gasteiger partial charge in [-0.05, 0) is 62.3 Å². The topological polar surface area (TPSA) is 95.7 Å². The van der Waals surface area contributed by atoms with Gasteiger partial charge in [0.2, 0.25) is 5.91 Å². The quantitative estimate of drug-likeness (QED) is 0.731. The van der Waals surface area contributed by atoms with E-state index >= 15 is 0 Å². The van der Waals surface area contributed by atoms with Crippen LogP contribution in [0.3, 0.4) is 0 Å². The molecule has 0 bridgehead atoms. The van der Waals surface area contributed by atoms with Crippen molar-refractivity contribution >= 4 is 17.8 Å². The lowest BCUT2D eigenvalue weighted by Gasteiger charge is -2.40. The Balaban J connectivity index is 1.59. The Morgan fingerprint density at radius 3 is 2.26 bits per heavy atom. The first-order valence-corrected chi connectivity index (χ1v) is 10.3. The maximum absolute atomic E-state index is 13.0.